The van der Waals surface area contributed by atoms with E-state index in [0.29, 0.717) is 18.4 Å². The highest BCUT2D eigenvalue weighted by molar-refractivity contribution is 7.97. The van der Waals surface area contributed by atoms with E-state index in [1.807, 2.05) is 20.8 Å². The number of carbonyl (C=O) groups excluding carboxylic acids is 1. The Morgan fingerprint density at radius 2 is 1.79 bits per heavy atom. The minimum absolute atomic E-state index is 0.0351. The minimum Gasteiger partial charge on any atom is -0.509 e. The van der Waals surface area contributed by atoms with Crippen molar-refractivity contribution in [2.24, 2.45) is 5.41 Å². The molecule has 5 rings (SSSR count). The second-order valence-electron chi connectivity index (χ2n) is 10.9. The molecule has 1 aliphatic carbocycles. The predicted octanol–water partition coefficient (Wildman–Crippen LogP) is 4.61. The first-order chi connectivity index (χ1) is 18.1. The van der Waals surface area contributed by atoms with E-state index >= 15 is 0 Å². The number of fused-ring (bicyclic) bond motifs is 1. The van der Waals surface area contributed by atoms with Gasteiger partial charge in [-0.25, -0.2) is 21.2 Å². The van der Waals surface area contributed by atoms with Gasteiger partial charge in [0.2, 0.25) is 19.9 Å². The van der Waals surface area contributed by atoms with Crippen LogP contribution in [0, 0.1) is 11.2 Å². The number of aliphatic hydroxyl groups is 1. The van der Waals surface area contributed by atoms with Crippen molar-refractivity contribution in [1.82, 2.24) is 4.90 Å². The van der Waals surface area contributed by atoms with E-state index in [0.717, 1.165) is 0 Å². The van der Waals surface area contributed by atoms with Gasteiger partial charge in [-0.05, 0) is 54.2 Å². The number of carbonyl (C=O) groups is 1. The number of hydrogen-bond acceptors (Lipinski definition) is 7. The second-order valence-corrected chi connectivity index (χ2v) is 15.3. The number of amides is 1. The van der Waals surface area contributed by atoms with Crippen LogP contribution < -0.4 is 10.0 Å². The highest BCUT2D eigenvalue weighted by Gasteiger charge is 2.48. The van der Waals surface area contributed by atoms with E-state index in [2.05, 4.69) is 10.0 Å². The van der Waals surface area contributed by atoms with Gasteiger partial charge >= 0.3 is 0 Å². The topological polar surface area (TPSA) is 133 Å². The summed E-state index contributed by atoms with van der Waals surface area (Å²) in [7, 11) is -8.01. The quantitative estimate of drug-likeness (QED) is 0.444. The molecule has 2 heterocycles. The van der Waals surface area contributed by atoms with E-state index in [1.54, 1.807) is 0 Å². The maximum absolute atomic E-state index is 13.7. The number of nitrogens with one attached hydrogen (secondary N) is 2. The van der Waals surface area contributed by atoms with E-state index in [9.17, 15) is 31.1 Å². The van der Waals surface area contributed by atoms with Gasteiger partial charge in [-0.3, -0.25) is 9.52 Å². The summed E-state index contributed by atoms with van der Waals surface area (Å²) in [4.78, 5) is 14.8. The van der Waals surface area contributed by atoms with Crippen molar-refractivity contribution in [3.05, 3.63) is 75.2 Å². The molecule has 0 saturated heterocycles. The Morgan fingerprint density at radius 1 is 1.15 bits per heavy atom. The van der Waals surface area contributed by atoms with Crippen LogP contribution in [-0.4, -0.2) is 44.0 Å². The third-order valence-corrected chi connectivity index (χ3v) is 11.1. The molecule has 1 amide bonds. The number of halogens is 2. The average molecular weight is 596 g/mol. The number of anilines is 2. The Kier molecular flexibility index (Phi) is 6.51. The van der Waals surface area contributed by atoms with Gasteiger partial charge in [0.25, 0.3) is 5.91 Å². The molecule has 1 fully saturated rings. The second kappa shape index (κ2) is 9.24. The Hall–Kier alpha value is -3.09. The molecule has 208 valence electrons. The standard InChI is InChI=1S/C26H27ClFN3O6S2/c1-26(2,3)23-22(32)20(25(33)31(23)13-14-4-6-15(28)7-5-14)21-24(27)38(34,35)19-12-16(8-11-18(19)29-21)30-39(36,37)17-9-10-17/h4-8,11-12,17,23,29-30,32H,9-10,13H2,1-3H3/t23-/m1/s1. The summed E-state index contributed by atoms with van der Waals surface area (Å²) in [5.74, 6) is -1.43. The lowest BCUT2D eigenvalue weighted by Gasteiger charge is -2.35. The number of sulfonamides is 1. The molecule has 2 aromatic carbocycles. The highest BCUT2D eigenvalue weighted by atomic mass is 35.5. The fourth-order valence-electron chi connectivity index (χ4n) is 4.83. The molecule has 0 unspecified atom stereocenters. The van der Waals surface area contributed by atoms with Crippen LogP contribution in [0.1, 0.15) is 39.2 Å². The molecule has 0 spiro atoms. The highest BCUT2D eigenvalue weighted by Crippen LogP contribution is 2.45. The lowest BCUT2D eigenvalue weighted by molar-refractivity contribution is -0.129. The number of rotatable bonds is 6. The number of aliphatic hydroxyl groups excluding tert-OH is 1. The number of benzene rings is 2. The summed E-state index contributed by atoms with van der Waals surface area (Å²) in [6.45, 7) is 5.50. The van der Waals surface area contributed by atoms with Gasteiger partial charge in [-0.2, -0.15) is 0 Å². The Morgan fingerprint density at radius 3 is 2.38 bits per heavy atom. The summed E-state index contributed by atoms with van der Waals surface area (Å²) in [6, 6.07) is 8.70. The molecule has 39 heavy (non-hydrogen) atoms. The summed E-state index contributed by atoms with van der Waals surface area (Å²) >= 11 is 6.38. The smallest absolute Gasteiger partial charge is 0.260 e. The maximum Gasteiger partial charge on any atom is 0.260 e. The molecular weight excluding hydrogens is 569 g/mol. The van der Waals surface area contributed by atoms with Crippen LogP contribution in [0.2, 0.25) is 0 Å². The van der Waals surface area contributed by atoms with Gasteiger partial charge in [0.05, 0.1) is 27.6 Å². The normalized spacial score (nSPS) is 21.2. The lowest BCUT2D eigenvalue weighted by Crippen LogP contribution is -2.43. The van der Waals surface area contributed by atoms with Crippen LogP contribution in [0.15, 0.2) is 68.8 Å². The molecule has 2 aliphatic heterocycles. The largest absolute Gasteiger partial charge is 0.509 e. The van der Waals surface area contributed by atoms with Crippen molar-refractivity contribution in [3.63, 3.8) is 0 Å². The maximum atomic E-state index is 13.7. The molecule has 0 bridgehead atoms. The zero-order chi connectivity index (χ0) is 28.5. The van der Waals surface area contributed by atoms with Crippen molar-refractivity contribution in [2.75, 3.05) is 10.0 Å². The first-order valence-electron chi connectivity index (χ1n) is 12.2. The van der Waals surface area contributed by atoms with Gasteiger partial charge < -0.3 is 15.3 Å². The van der Waals surface area contributed by atoms with Crippen LogP contribution in [0.3, 0.4) is 0 Å². The molecule has 1 saturated carbocycles. The molecule has 3 N–H and O–H groups in total. The van der Waals surface area contributed by atoms with Crippen molar-refractivity contribution in [2.45, 2.75) is 56.3 Å². The molecule has 9 nitrogen and oxygen atoms in total. The number of nitrogens with zero attached hydrogens (tertiary/aromatic N) is 1. The first-order valence-corrected chi connectivity index (χ1v) is 15.6. The number of sulfone groups is 1. The molecule has 0 aromatic heterocycles. The van der Waals surface area contributed by atoms with E-state index in [4.69, 9.17) is 11.6 Å². The van der Waals surface area contributed by atoms with Gasteiger partial charge in [0.1, 0.15) is 17.1 Å². The summed E-state index contributed by atoms with van der Waals surface area (Å²) in [5.41, 5.74) is -0.460. The third-order valence-electron chi connectivity index (χ3n) is 6.82. The van der Waals surface area contributed by atoms with E-state index in [-0.39, 0.29) is 39.8 Å². The summed E-state index contributed by atoms with van der Waals surface area (Å²) in [5, 5.41) is 13.7. The fourth-order valence-corrected chi connectivity index (χ4v) is 7.91. The van der Waals surface area contributed by atoms with Gasteiger partial charge in [-0.15, -0.1) is 0 Å². The van der Waals surface area contributed by atoms with Crippen LogP contribution in [0.5, 0.6) is 0 Å². The minimum atomic E-state index is -4.38. The SMILES string of the molecule is CC(C)(C)[C@H]1C(O)=C(C2=C(Cl)S(=O)(=O)c3cc(NS(=O)(=O)C4CC4)ccc3N2)C(=O)N1Cc1ccc(F)cc1. The van der Waals surface area contributed by atoms with Crippen LogP contribution in [0.4, 0.5) is 15.8 Å². The lowest BCUT2D eigenvalue weighted by atomic mass is 9.85. The zero-order valence-electron chi connectivity index (χ0n) is 21.3. The average Bonchev–Trinajstić information content (AvgIpc) is 3.66. The predicted molar refractivity (Wildman–Crippen MR) is 146 cm³/mol. The van der Waals surface area contributed by atoms with Gasteiger partial charge in [0, 0.05) is 12.2 Å². The van der Waals surface area contributed by atoms with Gasteiger partial charge in [0.15, 0.2) is 4.36 Å². The third kappa shape index (κ3) is 4.89. The summed E-state index contributed by atoms with van der Waals surface area (Å²) in [6.07, 6.45) is 1.08. The van der Waals surface area contributed by atoms with Crippen molar-refractivity contribution in [1.29, 1.82) is 0 Å². The Labute approximate surface area is 231 Å². The van der Waals surface area contributed by atoms with E-state index < -0.39 is 52.7 Å². The van der Waals surface area contributed by atoms with Crippen molar-refractivity contribution in [3.8, 4) is 0 Å². The van der Waals surface area contributed by atoms with Crippen LogP contribution in [-0.2, 0) is 31.2 Å². The summed E-state index contributed by atoms with van der Waals surface area (Å²) < 4.78 is 66.7. The molecule has 3 aliphatic rings. The van der Waals surface area contributed by atoms with Gasteiger partial charge in [-0.1, -0.05) is 44.5 Å². The van der Waals surface area contributed by atoms with E-state index in [1.165, 1.54) is 47.4 Å². The van der Waals surface area contributed by atoms with Crippen molar-refractivity contribution < 1.29 is 31.1 Å². The molecule has 13 heteroatoms. The monoisotopic (exact) mass is 595 g/mol. The van der Waals surface area contributed by atoms with Crippen molar-refractivity contribution >= 4 is 48.7 Å². The Bertz CT molecular complexity index is 1660. The molecule has 2 aromatic rings. The molecule has 1 atom stereocenters. The van der Waals surface area contributed by atoms with Crippen LogP contribution >= 0.6 is 11.6 Å². The van der Waals surface area contributed by atoms with Crippen LogP contribution in [0.25, 0.3) is 0 Å². The molecule has 0 radical (unpaired) electrons. The number of hydrogen-bond donors (Lipinski definition) is 3. The fraction of sp³-hybridized carbons (Fsp3) is 0.346. The zero-order valence-corrected chi connectivity index (χ0v) is 23.7. The molecular formula is C26H27ClFN3O6S2. The first kappa shape index (κ1) is 27.5. The Balaban J connectivity index is 1.54.